The highest BCUT2D eigenvalue weighted by Crippen LogP contribution is 2.30. The predicted molar refractivity (Wildman–Crippen MR) is 80.8 cm³/mol. The lowest BCUT2D eigenvalue weighted by Gasteiger charge is -2.11. The van der Waals surface area contributed by atoms with Gasteiger partial charge in [-0.25, -0.2) is 0 Å². The lowest BCUT2D eigenvalue weighted by Crippen LogP contribution is -2.17. The molecule has 0 aliphatic rings. The molecule has 0 saturated carbocycles. The minimum Gasteiger partial charge on any atom is -0.444 e. The first-order valence-electron chi connectivity index (χ1n) is 6.18. The van der Waals surface area contributed by atoms with Gasteiger partial charge >= 0.3 is 0 Å². The summed E-state index contributed by atoms with van der Waals surface area (Å²) in [7, 11) is 0. The number of fused-ring (bicyclic) bond motifs is 1. The van der Waals surface area contributed by atoms with Gasteiger partial charge in [-0.3, -0.25) is 0 Å². The van der Waals surface area contributed by atoms with Gasteiger partial charge in [-0.15, -0.1) is 11.3 Å². The summed E-state index contributed by atoms with van der Waals surface area (Å²) in [4.78, 5) is 1.32. The van der Waals surface area contributed by atoms with Crippen molar-refractivity contribution in [3.05, 3.63) is 57.4 Å². The molecule has 0 bridgehead atoms. The molecule has 98 valence electrons. The van der Waals surface area contributed by atoms with Gasteiger partial charge in [-0.1, -0.05) is 24.3 Å². The van der Waals surface area contributed by atoms with Crippen molar-refractivity contribution in [2.75, 3.05) is 0 Å². The Morgan fingerprint density at radius 3 is 2.89 bits per heavy atom. The van der Waals surface area contributed by atoms with Crippen LogP contribution < -0.4 is 5.32 Å². The molecule has 1 unspecified atom stereocenters. The fourth-order valence-electron chi connectivity index (χ4n) is 2.13. The van der Waals surface area contributed by atoms with Crippen LogP contribution in [-0.2, 0) is 6.54 Å². The molecule has 0 aliphatic heterocycles. The van der Waals surface area contributed by atoms with E-state index in [2.05, 4.69) is 29.8 Å². The maximum Gasteiger partial charge on any atom is 0.199 e. The van der Waals surface area contributed by atoms with Crippen LogP contribution in [0.4, 0.5) is 0 Å². The Morgan fingerprint density at radius 1 is 1.26 bits per heavy atom. The van der Waals surface area contributed by atoms with Crippen LogP contribution in [-0.4, -0.2) is 0 Å². The van der Waals surface area contributed by atoms with Crippen molar-refractivity contribution in [2.45, 2.75) is 19.5 Å². The second kappa shape index (κ2) is 5.37. The maximum atomic E-state index is 6.17. The van der Waals surface area contributed by atoms with Crippen LogP contribution in [0.15, 0.2) is 46.2 Å². The number of para-hydroxylation sites is 1. The van der Waals surface area contributed by atoms with Gasteiger partial charge in [0.1, 0.15) is 5.58 Å². The highest BCUT2D eigenvalue weighted by molar-refractivity contribution is 7.10. The zero-order valence-corrected chi connectivity index (χ0v) is 12.1. The Bertz CT molecular complexity index is 675. The van der Waals surface area contributed by atoms with Gasteiger partial charge in [0.05, 0.1) is 0 Å². The maximum absolute atomic E-state index is 6.17. The van der Waals surface area contributed by atoms with E-state index in [0.29, 0.717) is 17.8 Å². The minimum atomic E-state index is 0.310. The Morgan fingerprint density at radius 2 is 2.11 bits per heavy atom. The lowest BCUT2D eigenvalue weighted by molar-refractivity contribution is 0.569. The summed E-state index contributed by atoms with van der Waals surface area (Å²) in [5.41, 5.74) is 1.87. The largest absolute Gasteiger partial charge is 0.444 e. The van der Waals surface area contributed by atoms with Crippen LogP contribution in [0.25, 0.3) is 11.0 Å². The van der Waals surface area contributed by atoms with Crippen molar-refractivity contribution < 1.29 is 4.42 Å². The third-order valence-electron chi connectivity index (χ3n) is 3.20. The van der Waals surface area contributed by atoms with Gasteiger partial charge < -0.3 is 9.73 Å². The van der Waals surface area contributed by atoms with Gasteiger partial charge in [0.2, 0.25) is 0 Å². The first-order chi connectivity index (χ1) is 9.25. The van der Waals surface area contributed by atoms with Crippen molar-refractivity contribution in [3.63, 3.8) is 0 Å². The van der Waals surface area contributed by atoms with E-state index < -0.39 is 0 Å². The molecule has 4 heteroatoms. The number of hydrogen-bond acceptors (Lipinski definition) is 3. The molecule has 2 aromatic heterocycles. The molecule has 19 heavy (non-hydrogen) atoms. The van der Waals surface area contributed by atoms with Crippen molar-refractivity contribution in [1.82, 2.24) is 5.32 Å². The molecular weight excluding hydrogens is 278 g/mol. The highest BCUT2D eigenvalue weighted by atomic mass is 35.5. The normalized spacial score (nSPS) is 12.9. The zero-order chi connectivity index (χ0) is 13.2. The minimum absolute atomic E-state index is 0.310. The summed E-state index contributed by atoms with van der Waals surface area (Å²) in [6, 6.07) is 12.4. The summed E-state index contributed by atoms with van der Waals surface area (Å²) in [5, 5.41) is 7.14. The third-order valence-corrected chi connectivity index (χ3v) is 4.56. The van der Waals surface area contributed by atoms with Crippen molar-refractivity contribution in [1.29, 1.82) is 0 Å². The second-order valence-corrected chi connectivity index (χ2v) is 5.79. The van der Waals surface area contributed by atoms with E-state index in [9.17, 15) is 0 Å². The van der Waals surface area contributed by atoms with Crippen LogP contribution in [0.5, 0.6) is 0 Å². The van der Waals surface area contributed by atoms with Crippen molar-refractivity contribution in [3.8, 4) is 0 Å². The zero-order valence-electron chi connectivity index (χ0n) is 10.5. The Kier molecular flexibility index (Phi) is 3.60. The molecule has 0 radical (unpaired) electrons. The van der Waals surface area contributed by atoms with Crippen LogP contribution >= 0.6 is 22.9 Å². The summed E-state index contributed by atoms with van der Waals surface area (Å²) in [6.45, 7) is 2.86. The summed E-state index contributed by atoms with van der Waals surface area (Å²) in [6.07, 6.45) is 0. The molecule has 2 nitrogen and oxygen atoms in total. The summed E-state index contributed by atoms with van der Waals surface area (Å²) >= 11 is 7.93. The third kappa shape index (κ3) is 2.54. The first kappa shape index (κ1) is 12.7. The quantitative estimate of drug-likeness (QED) is 0.732. The van der Waals surface area contributed by atoms with E-state index in [1.165, 1.54) is 4.88 Å². The van der Waals surface area contributed by atoms with Gasteiger partial charge in [0.25, 0.3) is 0 Å². The van der Waals surface area contributed by atoms with E-state index in [1.807, 2.05) is 24.3 Å². The molecule has 0 amide bonds. The van der Waals surface area contributed by atoms with Gasteiger partial charge in [0.15, 0.2) is 5.22 Å². The lowest BCUT2D eigenvalue weighted by atomic mass is 10.1. The highest BCUT2D eigenvalue weighted by Gasteiger charge is 2.13. The van der Waals surface area contributed by atoms with E-state index in [0.717, 1.165) is 16.5 Å². The molecule has 0 fully saturated rings. The molecule has 0 saturated heterocycles. The number of nitrogens with one attached hydrogen (secondary N) is 1. The molecule has 3 aromatic rings. The molecular formula is C15H14ClNOS. The topological polar surface area (TPSA) is 25.2 Å². The fraction of sp³-hybridized carbons (Fsp3) is 0.200. The standard InChI is InChI=1S/C15H14ClNOS/c1-10(14-7-4-8-19-14)17-9-12-11-5-2-3-6-13(11)18-15(12)16/h2-8,10,17H,9H2,1H3. The van der Waals surface area contributed by atoms with Gasteiger partial charge in [-0.2, -0.15) is 0 Å². The second-order valence-electron chi connectivity index (χ2n) is 4.47. The average Bonchev–Trinajstić information content (AvgIpc) is 3.03. The summed E-state index contributed by atoms with van der Waals surface area (Å²) < 4.78 is 5.55. The van der Waals surface area contributed by atoms with E-state index in [4.69, 9.17) is 16.0 Å². The number of furan rings is 1. The molecule has 0 spiro atoms. The Labute approximate surface area is 121 Å². The van der Waals surface area contributed by atoms with Gasteiger partial charge in [0, 0.05) is 28.4 Å². The Hall–Kier alpha value is -1.29. The summed E-state index contributed by atoms with van der Waals surface area (Å²) in [5.74, 6) is 0. The molecule has 1 atom stereocenters. The van der Waals surface area contributed by atoms with Gasteiger partial charge in [-0.05, 0) is 36.0 Å². The van der Waals surface area contributed by atoms with E-state index in [-0.39, 0.29) is 0 Å². The number of rotatable bonds is 4. The fourth-order valence-corrected chi connectivity index (χ4v) is 3.14. The smallest absolute Gasteiger partial charge is 0.199 e. The van der Waals surface area contributed by atoms with Crippen LogP contribution in [0.2, 0.25) is 5.22 Å². The SMILES string of the molecule is CC(NCc1c(Cl)oc2ccccc12)c1cccs1. The Balaban J connectivity index is 1.80. The molecule has 0 aliphatic carbocycles. The molecule has 3 rings (SSSR count). The van der Waals surface area contributed by atoms with Crippen molar-refractivity contribution >= 4 is 33.9 Å². The van der Waals surface area contributed by atoms with E-state index in [1.54, 1.807) is 11.3 Å². The average molecular weight is 292 g/mol. The first-order valence-corrected chi connectivity index (χ1v) is 7.44. The van der Waals surface area contributed by atoms with Crippen LogP contribution in [0.3, 0.4) is 0 Å². The van der Waals surface area contributed by atoms with Crippen LogP contribution in [0.1, 0.15) is 23.4 Å². The van der Waals surface area contributed by atoms with Crippen LogP contribution in [0, 0.1) is 0 Å². The number of benzene rings is 1. The monoisotopic (exact) mass is 291 g/mol. The number of thiophene rings is 1. The number of hydrogen-bond donors (Lipinski definition) is 1. The van der Waals surface area contributed by atoms with Crippen molar-refractivity contribution in [2.24, 2.45) is 0 Å². The molecule has 2 heterocycles. The van der Waals surface area contributed by atoms with E-state index >= 15 is 0 Å². The number of halogens is 1. The predicted octanol–water partition coefficient (Wildman–Crippen LogP) is 5.00. The molecule has 1 aromatic carbocycles. The molecule has 1 N–H and O–H groups in total.